The lowest BCUT2D eigenvalue weighted by atomic mass is 9.85. The van der Waals surface area contributed by atoms with Crippen molar-refractivity contribution in [3.63, 3.8) is 0 Å². The van der Waals surface area contributed by atoms with Crippen molar-refractivity contribution in [2.45, 2.75) is 35.4 Å². The number of benzene rings is 2. The van der Waals surface area contributed by atoms with Crippen LogP contribution in [0.25, 0.3) is 0 Å². The van der Waals surface area contributed by atoms with Crippen LogP contribution in [0.3, 0.4) is 0 Å². The average molecular weight is 509 g/mol. The Morgan fingerprint density at radius 2 is 1.85 bits per heavy atom. The summed E-state index contributed by atoms with van der Waals surface area (Å²) in [4.78, 5) is 13.0. The summed E-state index contributed by atoms with van der Waals surface area (Å²) in [6.07, 6.45) is -5.39. The van der Waals surface area contributed by atoms with Gasteiger partial charge in [0.05, 0.1) is 18.0 Å². The highest BCUT2D eigenvalue weighted by atomic mass is 32.2. The maximum absolute atomic E-state index is 14.4. The van der Waals surface area contributed by atoms with Gasteiger partial charge in [0.1, 0.15) is 16.3 Å². The fraction of sp³-hybridized carbons (Fsp3) is 0.350. The number of amides is 1. The second-order valence-corrected chi connectivity index (χ2v) is 9.28. The van der Waals surface area contributed by atoms with Crippen LogP contribution in [-0.2, 0) is 4.79 Å². The number of anilines is 1. The second-order valence-electron chi connectivity index (χ2n) is 7.64. The molecule has 0 aliphatic carbocycles. The molecular formula is C20H18BF6NO5S. The van der Waals surface area contributed by atoms with Gasteiger partial charge in [0.25, 0.3) is 0 Å². The Labute approximate surface area is 194 Å². The van der Waals surface area contributed by atoms with Crippen molar-refractivity contribution in [3.05, 3.63) is 53.3 Å². The fourth-order valence-electron chi connectivity index (χ4n) is 3.67. The van der Waals surface area contributed by atoms with E-state index in [0.717, 1.165) is 44.4 Å². The molecule has 2 aromatic rings. The van der Waals surface area contributed by atoms with E-state index in [1.165, 1.54) is 0 Å². The minimum Gasteiger partial charge on any atom is -0.512 e. The first-order valence-electron chi connectivity index (χ1n) is 9.67. The van der Waals surface area contributed by atoms with Gasteiger partial charge in [-0.1, -0.05) is 6.07 Å². The van der Waals surface area contributed by atoms with E-state index in [1.54, 1.807) is 0 Å². The zero-order valence-corrected chi connectivity index (χ0v) is 18.4. The SMILES string of the molecule is COc1c(C2CC(C)(C(F)(F)F)SC2C(=O)Nc2ccc(OB(O)O)cc2F)ccc(F)c1F. The van der Waals surface area contributed by atoms with Gasteiger partial charge in [0.2, 0.25) is 11.7 Å². The van der Waals surface area contributed by atoms with Crippen molar-refractivity contribution in [1.82, 2.24) is 0 Å². The van der Waals surface area contributed by atoms with Gasteiger partial charge in [-0.2, -0.15) is 17.6 Å². The van der Waals surface area contributed by atoms with E-state index in [-0.39, 0.29) is 23.1 Å². The number of carbonyl (C=O) groups excluding carboxylic acids is 1. The second kappa shape index (κ2) is 9.58. The summed E-state index contributed by atoms with van der Waals surface area (Å²) in [5.41, 5.74) is -0.551. The summed E-state index contributed by atoms with van der Waals surface area (Å²) in [6, 6.07) is 4.62. The Balaban J connectivity index is 1.97. The van der Waals surface area contributed by atoms with Crippen LogP contribution in [0, 0.1) is 17.5 Å². The monoisotopic (exact) mass is 509 g/mol. The normalized spacial score (nSPS) is 22.4. The molecular weight excluding hydrogens is 491 g/mol. The van der Waals surface area contributed by atoms with Crippen molar-refractivity contribution in [1.29, 1.82) is 0 Å². The van der Waals surface area contributed by atoms with Crippen LogP contribution in [0.1, 0.15) is 24.8 Å². The van der Waals surface area contributed by atoms with E-state index in [0.29, 0.717) is 0 Å². The molecule has 34 heavy (non-hydrogen) atoms. The van der Waals surface area contributed by atoms with E-state index in [2.05, 4.69) is 9.97 Å². The number of hydrogen-bond donors (Lipinski definition) is 3. The number of halogens is 6. The molecule has 3 N–H and O–H groups in total. The van der Waals surface area contributed by atoms with Crippen LogP contribution >= 0.6 is 11.8 Å². The van der Waals surface area contributed by atoms with Crippen molar-refractivity contribution >= 4 is 30.7 Å². The average Bonchev–Trinajstić information content (AvgIpc) is 3.10. The van der Waals surface area contributed by atoms with Gasteiger partial charge in [-0.15, -0.1) is 11.8 Å². The van der Waals surface area contributed by atoms with Gasteiger partial charge < -0.3 is 24.8 Å². The lowest BCUT2D eigenvalue weighted by Crippen LogP contribution is -2.37. The Bertz CT molecular complexity index is 1090. The van der Waals surface area contributed by atoms with Crippen molar-refractivity contribution < 1.29 is 50.6 Å². The molecule has 6 nitrogen and oxygen atoms in total. The summed E-state index contributed by atoms with van der Waals surface area (Å²) >= 11 is 0.275. The van der Waals surface area contributed by atoms with Gasteiger partial charge in [0.15, 0.2) is 11.6 Å². The van der Waals surface area contributed by atoms with Gasteiger partial charge in [-0.3, -0.25) is 4.79 Å². The van der Waals surface area contributed by atoms with Crippen molar-refractivity contribution in [2.75, 3.05) is 12.4 Å². The molecule has 1 heterocycles. The minimum absolute atomic E-state index is 0.136. The van der Waals surface area contributed by atoms with E-state index < -0.39 is 70.6 Å². The van der Waals surface area contributed by atoms with E-state index in [4.69, 9.17) is 14.8 Å². The number of carbonyl (C=O) groups is 1. The Hall–Kier alpha value is -2.58. The van der Waals surface area contributed by atoms with Gasteiger partial charge in [0, 0.05) is 17.5 Å². The molecule has 3 unspecified atom stereocenters. The standard InChI is InChI=1S/C20H18BF6NO5S/c1-19(20(25,26)27)8-11(10-4-5-12(22)15(24)16(10)32-2)17(34-19)18(29)28-14-6-3-9(7-13(14)23)33-21(30)31/h3-7,11,17,30-31H,8H2,1-2H3,(H,28,29). The zero-order valence-electron chi connectivity index (χ0n) is 17.6. The van der Waals surface area contributed by atoms with Crippen LogP contribution in [0.2, 0.25) is 0 Å². The molecule has 1 amide bonds. The highest BCUT2D eigenvalue weighted by molar-refractivity contribution is 8.02. The van der Waals surface area contributed by atoms with Crippen LogP contribution in [0.15, 0.2) is 30.3 Å². The summed E-state index contributed by atoms with van der Waals surface area (Å²) < 4.78 is 90.7. The van der Waals surface area contributed by atoms with Crippen LogP contribution in [0.5, 0.6) is 11.5 Å². The summed E-state index contributed by atoms with van der Waals surface area (Å²) in [5, 5.41) is 18.3. The molecule has 14 heteroatoms. The number of rotatable bonds is 6. The number of methoxy groups -OCH3 is 1. The molecule has 3 atom stereocenters. The zero-order chi connectivity index (χ0) is 25.4. The quantitative estimate of drug-likeness (QED) is 0.403. The van der Waals surface area contributed by atoms with Gasteiger partial charge in [-0.05, 0) is 31.5 Å². The molecule has 0 aromatic heterocycles. The molecule has 2 aromatic carbocycles. The van der Waals surface area contributed by atoms with Gasteiger partial charge in [-0.25, -0.2) is 8.78 Å². The summed E-state index contributed by atoms with van der Waals surface area (Å²) in [7, 11) is -1.20. The third-order valence-electron chi connectivity index (χ3n) is 5.34. The summed E-state index contributed by atoms with van der Waals surface area (Å²) in [5.74, 6) is -6.91. The molecule has 1 fully saturated rings. The molecule has 1 saturated heterocycles. The van der Waals surface area contributed by atoms with E-state index in [1.807, 2.05) is 0 Å². The number of ether oxygens (including phenoxy) is 1. The summed E-state index contributed by atoms with van der Waals surface area (Å²) in [6.45, 7) is 0.886. The topological polar surface area (TPSA) is 88.0 Å². The highest BCUT2D eigenvalue weighted by Crippen LogP contribution is 2.59. The first-order valence-corrected chi connectivity index (χ1v) is 10.5. The Morgan fingerprint density at radius 3 is 2.41 bits per heavy atom. The Morgan fingerprint density at radius 1 is 1.18 bits per heavy atom. The molecule has 0 bridgehead atoms. The molecule has 3 rings (SSSR count). The molecule has 184 valence electrons. The molecule has 1 aliphatic heterocycles. The lowest BCUT2D eigenvalue weighted by molar-refractivity contribution is -0.155. The maximum Gasteiger partial charge on any atom is 0.707 e. The smallest absolute Gasteiger partial charge is 0.512 e. The van der Waals surface area contributed by atoms with E-state index >= 15 is 0 Å². The maximum atomic E-state index is 14.4. The van der Waals surface area contributed by atoms with Crippen LogP contribution < -0.4 is 14.7 Å². The van der Waals surface area contributed by atoms with Crippen molar-refractivity contribution in [3.8, 4) is 11.5 Å². The predicted octanol–water partition coefficient (Wildman–Crippen LogP) is 4.01. The van der Waals surface area contributed by atoms with E-state index in [9.17, 15) is 31.1 Å². The predicted molar refractivity (Wildman–Crippen MR) is 112 cm³/mol. The molecule has 1 aliphatic rings. The lowest BCUT2D eigenvalue weighted by Gasteiger charge is -2.26. The van der Waals surface area contributed by atoms with Crippen molar-refractivity contribution in [2.24, 2.45) is 0 Å². The number of hydrogen-bond acceptors (Lipinski definition) is 6. The highest BCUT2D eigenvalue weighted by Gasteiger charge is 2.60. The van der Waals surface area contributed by atoms with Crippen LogP contribution in [-0.4, -0.2) is 46.6 Å². The van der Waals surface area contributed by atoms with Crippen LogP contribution in [0.4, 0.5) is 32.0 Å². The number of nitrogens with one attached hydrogen (secondary N) is 1. The molecule has 0 spiro atoms. The fourth-order valence-corrected chi connectivity index (χ4v) is 5.21. The molecule has 0 radical (unpaired) electrons. The molecule has 0 saturated carbocycles. The third-order valence-corrected chi connectivity index (χ3v) is 7.06. The third kappa shape index (κ3) is 5.08. The number of alkyl halides is 3. The Kier molecular flexibility index (Phi) is 7.34. The first kappa shape index (κ1) is 26.0. The largest absolute Gasteiger partial charge is 0.707 e. The first-order chi connectivity index (χ1) is 15.8. The minimum atomic E-state index is -4.74. The van der Waals surface area contributed by atoms with Gasteiger partial charge >= 0.3 is 13.5 Å². The number of thioether (sulfide) groups is 1.